The van der Waals surface area contributed by atoms with Crippen molar-refractivity contribution in [3.05, 3.63) is 53.6 Å². The quantitative estimate of drug-likeness (QED) is 0.652. The van der Waals surface area contributed by atoms with Crippen molar-refractivity contribution in [2.45, 2.75) is 6.92 Å². The number of phenolic OH excluding ortho intramolecular Hbond substituents is 1. The summed E-state index contributed by atoms with van der Waals surface area (Å²) in [5.41, 5.74) is 9.38. The van der Waals surface area contributed by atoms with E-state index in [0.717, 1.165) is 42.9 Å². The molecule has 0 aliphatic carbocycles. The normalized spacial score (nSPS) is 10.3. The highest BCUT2D eigenvalue weighted by molar-refractivity contribution is 5.78. The summed E-state index contributed by atoms with van der Waals surface area (Å²) >= 11 is 0. The molecule has 0 fully saturated rings. The largest absolute Gasteiger partial charge is 0.508 e. The van der Waals surface area contributed by atoms with Gasteiger partial charge >= 0.3 is 0 Å². The highest BCUT2D eigenvalue weighted by atomic mass is 16.3. The first-order valence-corrected chi connectivity index (χ1v) is 7.68. The fraction of sp³-hybridized carbons (Fsp3) is 0.278. The molecular weight excluding hydrogens is 290 g/mol. The Labute approximate surface area is 136 Å². The number of nitrogens with one attached hydrogen (secondary N) is 1. The number of nitrogens with zero attached hydrogens (tertiary/aromatic N) is 1. The molecule has 122 valence electrons. The lowest BCUT2D eigenvalue weighted by molar-refractivity contribution is 0.112. The summed E-state index contributed by atoms with van der Waals surface area (Å²) in [5.74, 6) is 0.255. The van der Waals surface area contributed by atoms with Crippen LogP contribution in [0.3, 0.4) is 0 Å². The molecule has 23 heavy (non-hydrogen) atoms. The number of benzene rings is 2. The third-order valence-corrected chi connectivity index (χ3v) is 3.72. The Bertz CT molecular complexity index is 641. The van der Waals surface area contributed by atoms with Crippen molar-refractivity contribution < 1.29 is 9.90 Å². The third kappa shape index (κ3) is 4.72. The molecule has 0 radical (unpaired) electrons. The van der Waals surface area contributed by atoms with Crippen LogP contribution in [0.2, 0.25) is 0 Å². The number of aryl methyl sites for hydroxylation is 1. The van der Waals surface area contributed by atoms with Gasteiger partial charge in [-0.05, 0) is 55.0 Å². The minimum absolute atomic E-state index is 0.255. The molecule has 2 rings (SSSR count). The summed E-state index contributed by atoms with van der Waals surface area (Å²) in [4.78, 5) is 13.0. The molecule has 0 aromatic heterocycles. The summed E-state index contributed by atoms with van der Waals surface area (Å²) in [5, 5.41) is 12.7. The third-order valence-electron chi connectivity index (χ3n) is 3.72. The lowest BCUT2D eigenvalue weighted by Gasteiger charge is -2.24. The molecule has 4 N–H and O–H groups in total. The van der Waals surface area contributed by atoms with Gasteiger partial charge in [0.2, 0.25) is 0 Å². The first-order valence-electron chi connectivity index (χ1n) is 7.68. The maximum Gasteiger partial charge on any atom is 0.150 e. The van der Waals surface area contributed by atoms with Gasteiger partial charge in [0.25, 0.3) is 0 Å². The zero-order valence-electron chi connectivity index (χ0n) is 13.3. The number of carbonyl (C=O) groups excluding carboxylic acids is 1. The zero-order chi connectivity index (χ0) is 16.7. The number of phenols is 1. The molecule has 0 unspecified atom stereocenters. The van der Waals surface area contributed by atoms with Gasteiger partial charge in [-0.15, -0.1) is 0 Å². The first kappa shape index (κ1) is 16.8. The Hall–Kier alpha value is -2.53. The van der Waals surface area contributed by atoms with Gasteiger partial charge in [0, 0.05) is 43.1 Å². The van der Waals surface area contributed by atoms with Crippen molar-refractivity contribution in [1.82, 2.24) is 0 Å². The topological polar surface area (TPSA) is 78.6 Å². The molecule has 5 heteroatoms. The van der Waals surface area contributed by atoms with Crippen molar-refractivity contribution >= 4 is 17.7 Å². The number of nitrogens with two attached hydrogens (primary N) is 1. The number of aldehydes is 1. The van der Waals surface area contributed by atoms with Crippen molar-refractivity contribution in [3.63, 3.8) is 0 Å². The second-order valence-electron chi connectivity index (χ2n) is 5.41. The summed E-state index contributed by atoms with van der Waals surface area (Å²) in [6, 6.07) is 12.8. The van der Waals surface area contributed by atoms with Gasteiger partial charge in [0.1, 0.15) is 12.0 Å². The molecule has 0 aliphatic heterocycles. The molecule has 2 aromatic rings. The molecule has 0 heterocycles. The number of carbonyl (C=O) groups is 1. The van der Waals surface area contributed by atoms with E-state index in [4.69, 9.17) is 5.73 Å². The van der Waals surface area contributed by atoms with E-state index in [1.54, 1.807) is 12.1 Å². The maximum atomic E-state index is 10.8. The van der Waals surface area contributed by atoms with Crippen LogP contribution in [0.5, 0.6) is 5.75 Å². The van der Waals surface area contributed by atoms with Crippen LogP contribution in [0.4, 0.5) is 11.4 Å². The van der Waals surface area contributed by atoms with E-state index in [1.807, 2.05) is 37.3 Å². The predicted octanol–water partition coefficient (Wildman–Crippen LogP) is 2.39. The number of anilines is 2. The molecule has 0 amide bonds. The van der Waals surface area contributed by atoms with Gasteiger partial charge in [0.15, 0.2) is 0 Å². The lowest BCUT2D eigenvalue weighted by Crippen LogP contribution is -2.33. The highest BCUT2D eigenvalue weighted by Crippen LogP contribution is 2.18. The fourth-order valence-corrected chi connectivity index (χ4v) is 2.44. The summed E-state index contributed by atoms with van der Waals surface area (Å²) < 4.78 is 0. The standard InChI is InChI=1S/C18H23N3O2/c1-14-12-16(3-2-15(14)13-22)20-9-11-21(10-8-19)17-4-6-18(23)7-5-17/h2-7,12-13,20,23H,8-11,19H2,1H3. The van der Waals surface area contributed by atoms with Crippen LogP contribution in [0.25, 0.3) is 0 Å². The summed E-state index contributed by atoms with van der Waals surface area (Å²) in [6.07, 6.45) is 0.868. The van der Waals surface area contributed by atoms with Crippen molar-refractivity contribution in [3.8, 4) is 5.75 Å². The average molecular weight is 313 g/mol. The Kier molecular flexibility index (Phi) is 6.00. The second kappa shape index (κ2) is 8.19. The van der Waals surface area contributed by atoms with Gasteiger partial charge in [-0.3, -0.25) is 4.79 Å². The first-order chi connectivity index (χ1) is 11.1. The van der Waals surface area contributed by atoms with Crippen LogP contribution in [0.15, 0.2) is 42.5 Å². The van der Waals surface area contributed by atoms with Crippen LogP contribution in [0, 0.1) is 6.92 Å². The van der Waals surface area contributed by atoms with Gasteiger partial charge in [-0.2, -0.15) is 0 Å². The smallest absolute Gasteiger partial charge is 0.150 e. The lowest BCUT2D eigenvalue weighted by atomic mass is 10.1. The van der Waals surface area contributed by atoms with Crippen LogP contribution in [-0.4, -0.2) is 37.6 Å². The molecule has 0 aliphatic rings. The molecule has 0 bridgehead atoms. The molecular formula is C18H23N3O2. The second-order valence-corrected chi connectivity index (χ2v) is 5.41. The van der Waals surface area contributed by atoms with Crippen LogP contribution < -0.4 is 16.0 Å². The summed E-state index contributed by atoms with van der Waals surface area (Å²) in [6.45, 7) is 4.77. The zero-order valence-corrected chi connectivity index (χ0v) is 13.3. The van der Waals surface area contributed by atoms with Gasteiger partial charge in [0.05, 0.1) is 0 Å². The SMILES string of the molecule is Cc1cc(NCCN(CCN)c2ccc(O)cc2)ccc1C=O. The van der Waals surface area contributed by atoms with Gasteiger partial charge < -0.3 is 21.1 Å². The van der Waals surface area contributed by atoms with E-state index >= 15 is 0 Å². The molecule has 0 atom stereocenters. The van der Waals surface area contributed by atoms with Crippen molar-refractivity contribution in [1.29, 1.82) is 0 Å². The fourth-order valence-electron chi connectivity index (χ4n) is 2.44. The average Bonchev–Trinajstić information content (AvgIpc) is 2.55. The molecule has 2 aromatic carbocycles. The van der Waals surface area contributed by atoms with E-state index in [2.05, 4.69) is 10.2 Å². The molecule has 5 nitrogen and oxygen atoms in total. The van der Waals surface area contributed by atoms with Gasteiger partial charge in [-0.1, -0.05) is 0 Å². The molecule has 0 saturated heterocycles. The Morgan fingerprint density at radius 3 is 2.52 bits per heavy atom. The van der Waals surface area contributed by atoms with E-state index < -0.39 is 0 Å². The summed E-state index contributed by atoms with van der Waals surface area (Å²) in [7, 11) is 0. The minimum Gasteiger partial charge on any atom is -0.508 e. The predicted molar refractivity (Wildman–Crippen MR) is 94.4 cm³/mol. The van der Waals surface area contributed by atoms with Crippen molar-refractivity contribution in [2.75, 3.05) is 36.4 Å². The number of hydrogen-bond acceptors (Lipinski definition) is 5. The molecule has 0 spiro atoms. The van der Waals surface area contributed by atoms with Crippen LogP contribution in [-0.2, 0) is 0 Å². The Morgan fingerprint density at radius 1 is 1.17 bits per heavy atom. The number of rotatable bonds is 8. The van der Waals surface area contributed by atoms with Gasteiger partial charge in [-0.25, -0.2) is 0 Å². The maximum absolute atomic E-state index is 10.8. The number of aromatic hydroxyl groups is 1. The van der Waals surface area contributed by atoms with Crippen LogP contribution in [0.1, 0.15) is 15.9 Å². The van der Waals surface area contributed by atoms with E-state index in [-0.39, 0.29) is 5.75 Å². The Morgan fingerprint density at radius 2 is 1.91 bits per heavy atom. The monoisotopic (exact) mass is 313 g/mol. The number of hydrogen-bond donors (Lipinski definition) is 3. The molecule has 0 saturated carbocycles. The van der Waals surface area contributed by atoms with Crippen LogP contribution >= 0.6 is 0 Å². The highest BCUT2D eigenvalue weighted by Gasteiger charge is 2.06. The Balaban J connectivity index is 1.95. The minimum atomic E-state index is 0.255. The van der Waals surface area contributed by atoms with E-state index in [1.165, 1.54) is 0 Å². The van der Waals surface area contributed by atoms with E-state index in [9.17, 15) is 9.90 Å². The van der Waals surface area contributed by atoms with Crippen molar-refractivity contribution in [2.24, 2.45) is 5.73 Å². The van der Waals surface area contributed by atoms with E-state index in [0.29, 0.717) is 12.1 Å².